The summed E-state index contributed by atoms with van der Waals surface area (Å²) in [6.07, 6.45) is 5.54. The van der Waals surface area contributed by atoms with Crippen molar-refractivity contribution in [2.75, 3.05) is 7.11 Å². The van der Waals surface area contributed by atoms with E-state index in [1.165, 1.54) is 0 Å². The Bertz CT molecular complexity index is 936. The van der Waals surface area contributed by atoms with Crippen molar-refractivity contribution in [3.8, 4) is 5.75 Å². The zero-order valence-electron chi connectivity index (χ0n) is 14.2. The lowest BCUT2D eigenvalue weighted by molar-refractivity contribution is 0.0888. The quantitative estimate of drug-likeness (QED) is 0.744. The van der Waals surface area contributed by atoms with Crippen LogP contribution in [0.4, 0.5) is 0 Å². The third-order valence-corrected chi connectivity index (χ3v) is 5.22. The molecule has 0 N–H and O–H groups in total. The summed E-state index contributed by atoms with van der Waals surface area (Å²) >= 11 is 0. The van der Waals surface area contributed by atoms with E-state index in [0.29, 0.717) is 6.54 Å². The molecule has 0 aliphatic heterocycles. The molecule has 5 nitrogen and oxygen atoms in total. The van der Waals surface area contributed by atoms with E-state index in [1.807, 2.05) is 38.4 Å². The summed E-state index contributed by atoms with van der Waals surface area (Å²) in [5.74, 6) is 1.98. The molecule has 5 heteroatoms. The summed E-state index contributed by atoms with van der Waals surface area (Å²) in [4.78, 5) is 17.5. The standard InChI is InChI=1S/C19H21N3O2/c1-12-20-8-9-22(12)11-13-4-6-17-18(19(13)23)15-10-14(24-3)5-7-16(15)21(17)2/h5,7-10,13H,4,6,11H2,1-3H3. The molecule has 124 valence electrons. The van der Waals surface area contributed by atoms with Crippen LogP contribution in [-0.4, -0.2) is 27.0 Å². The van der Waals surface area contributed by atoms with Crippen LogP contribution in [0.2, 0.25) is 0 Å². The van der Waals surface area contributed by atoms with Crippen LogP contribution in [0.15, 0.2) is 30.6 Å². The maximum absolute atomic E-state index is 13.2. The Hall–Kier alpha value is -2.56. The minimum Gasteiger partial charge on any atom is -0.497 e. The van der Waals surface area contributed by atoms with Crippen molar-refractivity contribution < 1.29 is 9.53 Å². The Morgan fingerprint density at radius 1 is 1.38 bits per heavy atom. The molecule has 1 aliphatic rings. The summed E-state index contributed by atoms with van der Waals surface area (Å²) in [6.45, 7) is 2.67. The van der Waals surface area contributed by atoms with Crippen LogP contribution in [0.1, 0.15) is 28.3 Å². The number of ketones is 1. The number of ether oxygens (including phenoxy) is 1. The number of benzene rings is 1. The number of methoxy groups -OCH3 is 1. The second-order valence-corrected chi connectivity index (χ2v) is 6.49. The zero-order chi connectivity index (χ0) is 16.8. The highest BCUT2D eigenvalue weighted by atomic mass is 16.5. The first kappa shape index (κ1) is 15.0. The fourth-order valence-electron chi connectivity index (χ4n) is 3.83. The molecule has 3 aromatic rings. The van der Waals surface area contributed by atoms with E-state index in [1.54, 1.807) is 13.3 Å². The van der Waals surface area contributed by atoms with Gasteiger partial charge in [-0.05, 0) is 38.0 Å². The molecule has 0 radical (unpaired) electrons. The Balaban J connectivity index is 1.78. The van der Waals surface area contributed by atoms with Crippen molar-refractivity contribution in [2.45, 2.75) is 26.3 Å². The van der Waals surface area contributed by atoms with Gasteiger partial charge >= 0.3 is 0 Å². The number of carbonyl (C=O) groups is 1. The normalized spacial score (nSPS) is 17.3. The van der Waals surface area contributed by atoms with Crippen LogP contribution in [-0.2, 0) is 20.0 Å². The highest BCUT2D eigenvalue weighted by molar-refractivity contribution is 6.11. The molecule has 0 bridgehead atoms. The van der Waals surface area contributed by atoms with Crippen molar-refractivity contribution in [3.05, 3.63) is 47.7 Å². The lowest BCUT2D eigenvalue weighted by atomic mass is 9.85. The Labute approximate surface area is 140 Å². The van der Waals surface area contributed by atoms with Gasteiger partial charge in [0.25, 0.3) is 0 Å². The Kier molecular flexibility index (Phi) is 3.44. The monoisotopic (exact) mass is 323 g/mol. The van der Waals surface area contributed by atoms with E-state index in [0.717, 1.165) is 46.6 Å². The maximum atomic E-state index is 13.2. The van der Waals surface area contributed by atoms with Crippen LogP contribution in [0.5, 0.6) is 5.75 Å². The SMILES string of the molecule is COc1ccc2c(c1)c1c(n2C)CCC(Cn2ccnc2C)C1=O. The van der Waals surface area contributed by atoms with E-state index >= 15 is 0 Å². The number of carbonyl (C=O) groups excluding carboxylic acids is 1. The maximum Gasteiger partial charge on any atom is 0.170 e. The van der Waals surface area contributed by atoms with Gasteiger partial charge in [0.2, 0.25) is 0 Å². The third-order valence-electron chi connectivity index (χ3n) is 5.22. The van der Waals surface area contributed by atoms with Gasteiger partial charge in [-0.25, -0.2) is 4.98 Å². The number of Topliss-reactive ketones (excluding diaryl/α,β-unsaturated/α-hetero) is 1. The first-order valence-corrected chi connectivity index (χ1v) is 8.27. The number of imidazole rings is 1. The van der Waals surface area contributed by atoms with E-state index in [-0.39, 0.29) is 11.7 Å². The van der Waals surface area contributed by atoms with Gasteiger partial charge in [0.05, 0.1) is 7.11 Å². The summed E-state index contributed by atoms with van der Waals surface area (Å²) in [5, 5.41) is 1.00. The second-order valence-electron chi connectivity index (χ2n) is 6.49. The zero-order valence-corrected chi connectivity index (χ0v) is 14.2. The highest BCUT2D eigenvalue weighted by Crippen LogP contribution is 2.36. The molecule has 1 unspecified atom stereocenters. The van der Waals surface area contributed by atoms with Crippen LogP contribution in [0.3, 0.4) is 0 Å². The molecule has 0 amide bonds. The molecule has 2 heterocycles. The van der Waals surface area contributed by atoms with Crippen molar-refractivity contribution in [1.82, 2.24) is 14.1 Å². The molecule has 2 aromatic heterocycles. The number of hydrogen-bond acceptors (Lipinski definition) is 3. The van der Waals surface area contributed by atoms with Crippen molar-refractivity contribution in [2.24, 2.45) is 13.0 Å². The fraction of sp³-hybridized carbons (Fsp3) is 0.368. The minimum atomic E-state index is 0.00204. The predicted molar refractivity (Wildman–Crippen MR) is 92.6 cm³/mol. The van der Waals surface area contributed by atoms with Crippen LogP contribution >= 0.6 is 0 Å². The molecular weight excluding hydrogens is 302 g/mol. The van der Waals surface area contributed by atoms with E-state index in [4.69, 9.17) is 4.74 Å². The molecule has 0 saturated carbocycles. The Morgan fingerprint density at radius 2 is 2.21 bits per heavy atom. The molecule has 4 rings (SSSR count). The minimum absolute atomic E-state index is 0.00204. The molecular formula is C19H21N3O2. The van der Waals surface area contributed by atoms with Crippen molar-refractivity contribution in [1.29, 1.82) is 0 Å². The van der Waals surface area contributed by atoms with E-state index < -0.39 is 0 Å². The van der Waals surface area contributed by atoms with Gasteiger partial charge in [-0.15, -0.1) is 0 Å². The number of hydrogen-bond donors (Lipinski definition) is 0. The molecule has 1 atom stereocenters. The summed E-state index contributed by atoms with van der Waals surface area (Å²) in [7, 11) is 3.70. The van der Waals surface area contributed by atoms with Crippen LogP contribution in [0.25, 0.3) is 10.9 Å². The predicted octanol–water partition coefficient (Wildman–Crippen LogP) is 3.14. The van der Waals surface area contributed by atoms with Crippen molar-refractivity contribution >= 4 is 16.7 Å². The molecule has 0 spiro atoms. The number of aromatic nitrogens is 3. The highest BCUT2D eigenvalue weighted by Gasteiger charge is 2.32. The first-order valence-electron chi connectivity index (χ1n) is 8.27. The molecule has 0 saturated heterocycles. The average molecular weight is 323 g/mol. The number of rotatable bonds is 3. The second kappa shape index (κ2) is 5.51. The summed E-state index contributed by atoms with van der Waals surface area (Å²) in [6, 6.07) is 5.97. The largest absolute Gasteiger partial charge is 0.497 e. The number of nitrogens with zero attached hydrogens (tertiary/aromatic N) is 3. The van der Waals surface area contributed by atoms with Gasteiger partial charge in [-0.1, -0.05) is 0 Å². The first-order chi connectivity index (χ1) is 11.6. The molecule has 1 aromatic carbocycles. The van der Waals surface area contributed by atoms with Crippen LogP contribution in [0, 0.1) is 12.8 Å². The van der Waals surface area contributed by atoms with Crippen LogP contribution < -0.4 is 4.74 Å². The van der Waals surface area contributed by atoms with E-state index in [2.05, 4.69) is 14.1 Å². The van der Waals surface area contributed by atoms with Gasteiger partial charge in [0, 0.05) is 54.1 Å². The lowest BCUT2D eigenvalue weighted by Gasteiger charge is -2.23. The fourth-order valence-corrected chi connectivity index (χ4v) is 3.83. The van der Waals surface area contributed by atoms with Gasteiger partial charge < -0.3 is 13.9 Å². The number of aryl methyl sites for hydroxylation is 2. The molecule has 1 aliphatic carbocycles. The topological polar surface area (TPSA) is 49.0 Å². The van der Waals surface area contributed by atoms with E-state index in [9.17, 15) is 4.79 Å². The number of fused-ring (bicyclic) bond motifs is 3. The summed E-state index contributed by atoms with van der Waals surface area (Å²) < 4.78 is 9.57. The molecule has 24 heavy (non-hydrogen) atoms. The average Bonchev–Trinajstić information content (AvgIpc) is 3.12. The molecule has 0 fully saturated rings. The smallest absolute Gasteiger partial charge is 0.170 e. The van der Waals surface area contributed by atoms with Gasteiger partial charge in [-0.3, -0.25) is 4.79 Å². The van der Waals surface area contributed by atoms with Gasteiger partial charge in [0.15, 0.2) is 5.78 Å². The lowest BCUT2D eigenvalue weighted by Crippen LogP contribution is -2.27. The van der Waals surface area contributed by atoms with Crippen molar-refractivity contribution in [3.63, 3.8) is 0 Å². The summed E-state index contributed by atoms with van der Waals surface area (Å²) in [5.41, 5.74) is 3.11. The third kappa shape index (κ3) is 2.15. The van der Waals surface area contributed by atoms with Gasteiger partial charge in [0.1, 0.15) is 11.6 Å². The Morgan fingerprint density at radius 3 is 2.92 bits per heavy atom. The van der Waals surface area contributed by atoms with Gasteiger partial charge in [-0.2, -0.15) is 0 Å².